The number of benzene rings is 1. The Morgan fingerprint density at radius 3 is 2.61 bits per heavy atom. The van der Waals surface area contributed by atoms with Gasteiger partial charge in [0.05, 0.1) is 18.3 Å². The Hall–Kier alpha value is -1.90. The molecule has 0 aliphatic carbocycles. The minimum Gasteiger partial charge on any atom is -0.489 e. The van der Waals surface area contributed by atoms with Crippen molar-refractivity contribution in [3.8, 4) is 5.75 Å². The summed E-state index contributed by atoms with van der Waals surface area (Å²) in [5, 5.41) is 3.42. The van der Waals surface area contributed by atoms with Gasteiger partial charge in [-0.05, 0) is 38.1 Å². The maximum absolute atomic E-state index is 5.78. The van der Waals surface area contributed by atoms with Gasteiger partial charge in [0, 0.05) is 18.9 Å². The summed E-state index contributed by atoms with van der Waals surface area (Å²) in [4.78, 5) is 0. The van der Waals surface area contributed by atoms with Crippen molar-refractivity contribution in [3.05, 3.63) is 48.3 Å². The molecule has 0 saturated carbocycles. The minimum absolute atomic E-state index is 0.183. The lowest BCUT2D eigenvalue weighted by Crippen LogP contribution is -2.09. The average molecular weight is 244 g/mol. The van der Waals surface area contributed by atoms with E-state index in [0.29, 0.717) is 0 Å². The molecule has 1 N–H and O–H groups in total. The molecule has 2 rings (SSSR count). The fourth-order valence-electron chi connectivity index (χ4n) is 1.84. The number of rotatable bonds is 5. The zero-order chi connectivity index (χ0) is 13.0. The van der Waals surface area contributed by atoms with Crippen LogP contribution in [0.15, 0.2) is 42.6 Å². The van der Waals surface area contributed by atoms with Crippen molar-refractivity contribution >= 4 is 5.69 Å². The van der Waals surface area contributed by atoms with E-state index in [4.69, 9.17) is 4.74 Å². The lowest BCUT2D eigenvalue weighted by atomic mass is 10.2. The number of aromatic nitrogens is 1. The maximum Gasteiger partial charge on any atom is 0.142 e. The summed E-state index contributed by atoms with van der Waals surface area (Å²) in [5.74, 6) is 0.904. The highest BCUT2D eigenvalue weighted by molar-refractivity contribution is 5.56. The molecule has 2 aromatic rings. The minimum atomic E-state index is 0.183. The Morgan fingerprint density at radius 2 is 1.94 bits per heavy atom. The normalized spacial score (nSPS) is 10.7. The first-order valence-electron chi connectivity index (χ1n) is 6.26. The number of ether oxygens (including phenoxy) is 1. The molecule has 0 radical (unpaired) electrons. The molecule has 1 heterocycles. The van der Waals surface area contributed by atoms with Crippen LogP contribution in [0, 0.1) is 0 Å². The second kappa shape index (κ2) is 5.63. The molecule has 0 atom stereocenters. The van der Waals surface area contributed by atoms with E-state index in [-0.39, 0.29) is 6.10 Å². The molecule has 0 fully saturated rings. The zero-order valence-corrected chi connectivity index (χ0v) is 11.2. The summed E-state index contributed by atoms with van der Waals surface area (Å²) in [6, 6.07) is 12.2. The molecule has 3 heteroatoms. The summed E-state index contributed by atoms with van der Waals surface area (Å²) in [5.41, 5.74) is 2.28. The average Bonchev–Trinajstić information content (AvgIpc) is 2.73. The van der Waals surface area contributed by atoms with Crippen molar-refractivity contribution in [1.82, 2.24) is 4.57 Å². The van der Waals surface area contributed by atoms with Gasteiger partial charge in [-0.1, -0.05) is 12.1 Å². The second-order valence-electron chi connectivity index (χ2n) is 4.63. The van der Waals surface area contributed by atoms with Crippen molar-refractivity contribution < 1.29 is 4.74 Å². The van der Waals surface area contributed by atoms with E-state index in [1.807, 2.05) is 57.4 Å². The summed E-state index contributed by atoms with van der Waals surface area (Å²) >= 11 is 0. The molecule has 0 saturated heterocycles. The van der Waals surface area contributed by atoms with Gasteiger partial charge in [0.25, 0.3) is 0 Å². The molecular weight excluding hydrogens is 224 g/mol. The molecule has 0 aliphatic rings. The lowest BCUT2D eigenvalue weighted by Gasteiger charge is -2.15. The van der Waals surface area contributed by atoms with Gasteiger partial charge in [-0.25, -0.2) is 0 Å². The van der Waals surface area contributed by atoms with Gasteiger partial charge in [-0.15, -0.1) is 0 Å². The van der Waals surface area contributed by atoms with Crippen molar-refractivity contribution in [2.24, 2.45) is 7.05 Å². The number of aryl methyl sites for hydroxylation is 1. The van der Waals surface area contributed by atoms with E-state index in [0.717, 1.165) is 18.0 Å². The monoisotopic (exact) mass is 244 g/mol. The van der Waals surface area contributed by atoms with Crippen LogP contribution in [0.4, 0.5) is 5.69 Å². The molecule has 0 unspecified atom stereocenters. The molecule has 0 amide bonds. The molecule has 3 nitrogen and oxygen atoms in total. The number of nitrogens with zero attached hydrogens (tertiary/aromatic N) is 1. The highest BCUT2D eigenvalue weighted by Crippen LogP contribution is 2.25. The largest absolute Gasteiger partial charge is 0.489 e. The first-order valence-corrected chi connectivity index (χ1v) is 6.26. The predicted octanol–water partition coefficient (Wildman–Crippen LogP) is 3.42. The first kappa shape index (κ1) is 12.6. The van der Waals surface area contributed by atoms with Crippen LogP contribution in [0.2, 0.25) is 0 Å². The van der Waals surface area contributed by atoms with E-state index in [2.05, 4.69) is 16.0 Å². The van der Waals surface area contributed by atoms with Crippen LogP contribution < -0.4 is 10.1 Å². The third kappa shape index (κ3) is 3.06. The molecule has 0 spiro atoms. The van der Waals surface area contributed by atoms with E-state index in [1.165, 1.54) is 5.69 Å². The van der Waals surface area contributed by atoms with Crippen LogP contribution in [0.5, 0.6) is 5.75 Å². The van der Waals surface area contributed by atoms with Gasteiger partial charge in [-0.3, -0.25) is 0 Å². The SMILES string of the molecule is CC(C)Oc1ccccc1NCc1cccn1C. The molecular formula is C15H20N2O. The van der Waals surface area contributed by atoms with E-state index >= 15 is 0 Å². The summed E-state index contributed by atoms with van der Waals surface area (Å²) < 4.78 is 7.89. The highest BCUT2D eigenvalue weighted by atomic mass is 16.5. The molecule has 96 valence electrons. The smallest absolute Gasteiger partial charge is 0.142 e. The Bertz CT molecular complexity index is 503. The van der Waals surface area contributed by atoms with Gasteiger partial charge < -0.3 is 14.6 Å². The predicted molar refractivity (Wildman–Crippen MR) is 74.9 cm³/mol. The topological polar surface area (TPSA) is 26.2 Å². The van der Waals surface area contributed by atoms with Crippen LogP contribution in [0.25, 0.3) is 0 Å². The quantitative estimate of drug-likeness (QED) is 0.872. The molecule has 0 aliphatic heterocycles. The van der Waals surface area contributed by atoms with Gasteiger partial charge in [-0.2, -0.15) is 0 Å². The van der Waals surface area contributed by atoms with Crippen LogP contribution in [-0.4, -0.2) is 10.7 Å². The fourth-order valence-corrected chi connectivity index (χ4v) is 1.84. The second-order valence-corrected chi connectivity index (χ2v) is 4.63. The van der Waals surface area contributed by atoms with Crippen molar-refractivity contribution in [2.45, 2.75) is 26.5 Å². The molecule has 1 aromatic heterocycles. The van der Waals surface area contributed by atoms with E-state index in [9.17, 15) is 0 Å². The summed E-state index contributed by atoms with van der Waals surface area (Å²) in [6.07, 6.45) is 2.23. The standard InChI is InChI=1S/C15H20N2O/c1-12(2)18-15-9-5-4-8-14(15)16-11-13-7-6-10-17(13)3/h4-10,12,16H,11H2,1-3H3. The lowest BCUT2D eigenvalue weighted by molar-refractivity contribution is 0.243. The first-order chi connectivity index (χ1) is 8.66. The molecule has 0 bridgehead atoms. The fraction of sp³-hybridized carbons (Fsp3) is 0.333. The van der Waals surface area contributed by atoms with Gasteiger partial charge in [0.1, 0.15) is 5.75 Å². The third-order valence-electron chi connectivity index (χ3n) is 2.76. The number of hydrogen-bond acceptors (Lipinski definition) is 2. The maximum atomic E-state index is 5.78. The van der Waals surface area contributed by atoms with Gasteiger partial charge in [0.2, 0.25) is 0 Å². The van der Waals surface area contributed by atoms with E-state index in [1.54, 1.807) is 0 Å². The Morgan fingerprint density at radius 1 is 1.17 bits per heavy atom. The van der Waals surface area contributed by atoms with Gasteiger partial charge >= 0.3 is 0 Å². The number of hydrogen-bond donors (Lipinski definition) is 1. The van der Waals surface area contributed by atoms with Crippen molar-refractivity contribution in [2.75, 3.05) is 5.32 Å². The Balaban J connectivity index is 2.07. The van der Waals surface area contributed by atoms with Crippen LogP contribution >= 0.6 is 0 Å². The molecule has 18 heavy (non-hydrogen) atoms. The Kier molecular flexibility index (Phi) is 3.92. The summed E-state index contributed by atoms with van der Waals surface area (Å²) in [6.45, 7) is 4.86. The van der Waals surface area contributed by atoms with Gasteiger partial charge in [0.15, 0.2) is 0 Å². The third-order valence-corrected chi connectivity index (χ3v) is 2.76. The van der Waals surface area contributed by atoms with E-state index < -0.39 is 0 Å². The van der Waals surface area contributed by atoms with Crippen LogP contribution in [0.1, 0.15) is 19.5 Å². The summed E-state index contributed by atoms with van der Waals surface area (Å²) in [7, 11) is 2.05. The van der Waals surface area contributed by atoms with Crippen molar-refractivity contribution in [1.29, 1.82) is 0 Å². The number of nitrogens with one attached hydrogen (secondary N) is 1. The number of anilines is 1. The molecule has 1 aromatic carbocycles. The van der Waals surface area contributed by atoms with Crippen LogP contribution in [0.3, 0.4) is 0 Å². The van der Waals surface area contributed by atoms with Crippen LogP contribution in [-0.2, 0) is 13.6 Å². The highest BCUT2D eigenvalue weighted by Gasteiger charge is 2.05. The Labute approximate surface area is 108 Å². The number of para-hydroxylation sites is 2. The van der Waals surface area contributed by atoms with Crippen molar-refractivity contribution in [3.63, 3.8) is 0 Å². The zero-order valence-electron chi connectivity index (χ0n) is 11.2.